The average Bonchev–Trinajstić information content (AvgIpc) is 3.61. The third kappa shape index (κ3) is 5.71. The minimum atomic E-state index is -0.255. The molecule has 2 unspecified atom stereocenters. The summed E-state index contributed by atoms with van der Waals surface area (Å²) in [6.45, 7) is 2.42. The summed E-state index contributed by atoms with van der Waals surface area (Å²) >= 11 is 0. The summed E-state index contributed by atoms with van der Waals surface area (Å²) < 4.78 is 0. The highest BCUT2D eigenvalue weighted by Crippen LogP contribution is 2.57. The molecular weight excluding hydrogens is 737 g/mol. The topological polar surface area (TPSA) is 6.48 Å². The Hall–Kier alpha value is -7.68. The van der Waals surface area contributed by atoms with Crippen LogP contribution in [0.15, 0.2) is 231 Å². The van der Waals surface area contributed by atoms with Crippen molar-refractivity contribution in [1.29, 1.82) is 0 Å². The van der Waals surface area contributed by atoms with E-state index in [4.69, 9.17) is 0 Å². The molecule has 2 heteroatoms. The number of hydrogen-bond acceptors (Lipinski definition) is 2. The Morgan fingerprint density at radius 2 is 1.07 bits per heavy atom. The monoisotopic (exact) mass is 778 g/mol. The normalized spacial score (nSPS) is 16.7. The van der Waals surface area contributed by atoms with Gasteiger partial charge in [-0.2, -0.15) is 0 Å². The van der Waals surface area contributed by atoms with Gasteiger partial charge in [0.15, 0.2) is 0 Å². The summed E-state index contributed by atoms with van der Waals surface area (Å²) in [5, 5.41) is 10.0. The molecule has 0 saturated carbocycles. The van der Waals surface area contributed by atoms with E-state index in [1.54, 1.807) is 0 Å². The van der Waals surface area contributed by atoms with Crippen molar-refractivity contribution in [2.75, 3.05) is 9.80 Å². The van der Waals surface area contributed by atoms with E-state index < -0.39 is 0 Å². The Bertz CT molecular complexity index is 3400. The minimum Gasteiger partial charge on any atom is -0.332 e. The number of allylic oxidation sites excluding steroid dienone is 2. The van der Waals surface area contributed by atoms with Gasteiger partial charge in [-0.05, 0) is 133 Å². The van der Waals surface area contributed by atoms with Crippen molar-refractivity contribution < 1.29 is 0 Å². The molecule has 1 aliphatic carbocycles. The number of nitrogens with zero attached hydrogens (tertiary/aromatic N) is 2. The second-order valence-electron chi connectivity index (χ2n) is 16.7. The zero-order valence-corrected chi connectivity index (χ0v) is 33.9. The van der Waals surface area contributed by atoms with Crippen LogP contribution in [0, 0.1) is 0 Å². The van der Waals surface area contributed by atoms with E-state index in [0.717, 1.165) is 17.1 Å². The van der Waals surface area contributed by atoms with E-state index in [0.29, 0.717) is 0 Å². The Morgan fingerprint density at radius 1 is 0.426 bits per heavy atom. The fourth-order valence-electron chi connectivity index (χ4n) is 10.2. The molecule has 2 atom stereocenters. The highest BCUT2D eigenvalue weighted by molar-refractivity contribution is 6.09. The molecule has 1 heterocycles. The molecule has 2 nitrogen and oxygen atoms in total. The Morgan fingerprint density at radius 3 is 1.92 bits per heavy atom. The molecule has 10 aromatic rings. The van der Waals surface area contributed by atoms with Gasteiger partial charge in [0, 0.05) is 33.6 Å². The maximum absolute atomic E-state index is 2.58. The molecule has 0 spiro atoms. The third-order valence-corrected chi connectivity index (χ3v) is 13.2. The molecular formula is C59H42N2. The summed E-state index contributed by atoms with van der Waals surface area (Å²) in [5.74, 6) is 0. The lowest BCUT2D eigenvalue weighted by Crippen LogP contribution is -2.39. The van der Waals surface area contributed by atoms with E-state index in [9.17, 15) is 0 Å². The highest BCUT2D eigenvalue weighted by atomic mass is 15.2. The molecule has 0 aromatic heterocycles. The number of fused-ring (bicyclic) bond motifs is 9. The maximum atomic E-state index is 2.58. The Balaban J connectivity index is 1.05. The zero-order chi connectivity index (χ0) is 40.5. The van der Waals surface area contributed by atoms with E-state index >= 15 is 0 Å². The second-order valence-corrected chi connectivity index (χ2v) is 16.7. The SMILES string of the molecule is CC12C=CC=CC1N(c1ccccc1)c1c2c(-c2cccc(N(c3ccc(-c4ccc5ccccc5c4)cc3)c3ccc4c(ccc5ccccc54)c3)c2)cc2ccccc12. The predicted octanol–water partition coefficient (Wildman–Crippen LogP) is 16.0. The first-order valence-electron chi connectivity index (χ1n) is 21.3. The summed E-state index contributed by atoms with van der Waals surface area (Å²) in [7, 11) is 0. The van der Waals surface area contributed by atoms with Gasteiger partial charge >= 0.3 is 0 Å². The van der Waals surface area contributed by atoms with Crippen molar-refractivity contribution in [3.8, 4) is 22.3 Å². The first-order chi connectivity index (χ1) is 30.1. The van der Waals surface area contributed by atoms with Crippen LogP contribution in [0.3, 0.4) is 0 Å². The molecule has 61 heavy (non-hydrogen) atoms. The van der Waals surface area contributed by atoms with Gasteiger partial charge < -0.3 is 9.80 Å². The Kier molecular flexibility index (Phi) is 8.08. The van der Waals surface area contributed by atoms with Crippen LogP contribution in [-0.2, 0) is 5.41 Å². The molecule has 10 aromatic carbocycles. The second kappa shape index (κ2) is 14.0. The van der Waals surface area contributed by atoms with Gasteiger partial charge in [0.1, 0.15) is 0 Å². The molecule has 12 rings (SSSR count). The van der Waals surface area contributed by atoms with E-state index in [-0.39, 0.29) is 11.5 Å². The molecule has 0 saturated heterocycles. The standard InChI is InChI=1S/C59H42N2/c1-59-35-12-11-24-56(59)61(48-19-3-2-4-20-48)58-54-23-10-8-17-46(54)39-55(57(58)59)45-18-13-21-50(37-45)60(51-33-34-53-47(38-51)28-26-42-15-7-9-22-52(42)53)49-31-29-41(30-32-49)44-27-25-40-14-5-6-16-43(40)36-44/h2-39,56H,1H3. The third-order valence-electron chi connectivity index (χ3n) is 13.2. The number of benzene rings is 10. The Labute approximate surface area is 356 Å². The number of para-hydroxylation sites is 1. The average molecular weight is 779 g/mol. The van der Waals surface area contributed by atoms with Crippen molar-refractivity contribution in [1.82, 2.24) is 0 Å². The molecule has 0 bridgehead atoms. The van der Waals surface area contributed by atoms with Gasteiger partial charge in [0.2, 0.25) is 0 Å². The van der Waals surface area contributed by atoms with Crippen molar-refractivity contribution >= 4 is 71.5 Å². The summed E-state index contributed by atoms with van der Waals surface area (Å²) in [4.78, 5) is 5.00. The van der Waals surface area contributed by atoms with Gasteiger partial charge in [-0.3, -0.25) is 0 Å². The van der Waals surface area contributed by atoms with Crippen molar-refractivity contribution in [2.45, 2.75) is 18.4 Å². The lowest BCUT2D eigenvalue weighted by atomic mass is 9.73. The van der Waals surface area contributed by atoms with E-state index in [1.807, 2.05) is 0 Å². The molecule has 0 radical (unpaired) electrons. The van der Waals surface area contributed by atoms with Crippen LogP contribution in [0.4, 0.5) is 28.4 Å². The fourth-order valence-corrected chi connectivity index (χ4v) is 10.2. The number of hydrogen-bond donors (Lipinski definition) is 0. The van der Waals surface area contributed by atoms with Crippen LogP contribution in [0.1, 0.15) is 12.5 Å². The lowest BCUT2D eigenvalue weighted by molar-refractivity contribution is 0.552. The lowest BCUT2D eigenvalue weighted by Gasteiger charge is -2.35. The largest absolute Gasteiger partial charge is 0.332 e. The van der Waals surface area contributed by atoms with E-state index in [2.05, 4.69) is 247 Å². The fraction of sp³-hybridized carbons (Fsp3) is 0.0508. The molecule has 0 amide bonds. The van der Waals surface area contributed by atoms with Crippen LogP contribution in [-0.4, -0.2) is 6.04 Å². The number of anilines is 5. The first kappa shape index (κ1) is 35.3. The van der Waals surface area contributed by atoms with Gasteiger partial charge in [-0.1, -0.05) is 170 Å². The quantitative estimate of drug-likeness (QED) is 0.155. The van der Waals surface area contributed by atoms with Crippen molar-refractivity contribution in [3.05, 3.63) is 236 Å². The van der Waals surface area contributed by atoms with Crippen molar-refractivity contribution in [3.63, 3.8) is 0 Å². The molecule has 2 aliphatic rings. The first-order valence-corrected chi connectivity index (χ1v) is 21.3. The van der Waals surface area contributed by atoms with Crippen LogP contribution in [0.5, 0.6) is 0 Å². The van der Waals surface area contributed by atoms with Crippen LogP contribution < -0.4 is 9.80 Å². The zero-order valence-electron chi connectivity index (χ0n) is 33.9. The molecule has 0 fully saturated rings. The van der Waals surface area contributed by atoms with Gasteiger partial charge in [0.05, 0.1) is 11.7 Å². The van der Waals surface area contributed by atoms with Crippen LogP contribution >= 0.6 is 0 Å². The van der Waals surface area contributed by atoms with Crippen LogP contribution in [0.2, 0.25) is 0 Å². The van der Waals surface area contributed by atoms with Crippen LogP contribution in [0.25, 0.3) is 65.3 Å². The molecule has 288 valence electrons. The summed E-state index contributed by atoms with van der Waals surface area (Å²) in [5.41, 5.74) is 11.8. The molecule has 1 aliphatic heterocycles. The maximum Gasteiger partial charge on any atom is 0.0655 e. The van der Waals surface area contributed by atoms with Crippen molar-refractivity contribution in [2.24, 2.45) is 0 Å². The highest BCUT2D eigenvalue weighted by Gasteiger charge is 2.48. The van der Waals surface area contributed by atoms with E-state index in [1.165, 1.54) is 82.3 Å². The van der Waals surface area contributed by atoms with Gasteiger partial charge in [-0.25, -0.2) is 0 Å². The van der Waals surface area contributed by atoms with Gasteiger partial charge in [0.25, 0.3) is 0 Å². The van der Waals surface area contributed by atoms with Gasteiger partial charge in [-0.15, -0.1) is 0 Å². The molecule has 0 N–H and O–H groups in total. The predicted molar refractivity (Wildman–Crippen MR) is 260 cm³/mol. The summed E-state index contributed by atoms with van der Waals surface area (Å²) in [6.07, 6.45) is 9.25. The summed E-state index contributed by atoms with van der Waals surface area (Å²) in [6, 6.07) is 76.1. The minimum absolute atomic E-state index is 0.133. The smallest absolute Gasteiger partial charge is 0.0655 e. The number of rotatable bonds is 6.